The lowest BCUT2D eigenvalue weighted by Crippen LogP contribution is -2.62. The van der Waals surface area contributed by atoms with Crippen molar-refractivity contribution < 1.29 is 0 Å². The van der Waals surface area contributed by atoms with E-state index in [4.69, 9.17) is 5.73 Å². The van der Waals surface area contributed by atoms with Gasteiger partial charge in [-0.25, -0.2) is 0 Å². The van der Waals surface area contributed by atoms with E-state index in [0.29, 0.717) is 5.54 Å². The Morgan fingerprint density at radius 1 is 1.15 bits per heavy atom. The maximum atomic E-state index is 5.88. The van der Waals surface area contributed by atoms with Gasteiger partial charge < -0.3 is 10.6 Å². The molecule has 2 fully saturated rings. The van der Waals surface area contributed by atoms with Gasteiger partial charge in [0, 0.05) is 38.3 Å². The van der Waals surface area contributed by atoms with Crippen LogP contribution in [0.15, 0.2) is 0 Å². The topological polar surface area (TPSA) is 32.5 Å². The number of likely N-dealkylation sites (N-methyl/N-ethyl adjacent to an activating group) is 1. The summed E-state index contributed by atoms with van der Waals surface area (Å²) < 4.78 is 0. The molecule has 76 valence electrons. The molecule has 0 aromatic carbocycles. The van der Waals surface area contributed by atoms with Crippen LogP contribution in [0, 0.1) is 0 Å². The van der Waals surface area contributed by atoms with Crippen molar-refractivity contribution in [1.29, 1.82) is 0 Å². The molecule has 0 unspecified atom stereocenters. The van der Waals surface area contributed by atoms with Crippen molar-refractivity contribution >= 4 is 0 Å². The zero-order valence-corrected chi connectivity index (χ0v) is 8.63. The molecule has 1 aliphatic carbocycles. The maximum absolute atomic E-state index is 5.88. The Morgan fingerprint density at radius 2 is 1.77 bits per heavy atom. The Hall–Kier alpha value is -0.120. The van der Waals surface area contributed by atoms with E-state index in [0.717, 1.165) is 6.54 Å². The molecule has 0 bridgehead atoms. The molecule has 1 saturated carbocycles. The van der Waals surface area contributed by atoms with E-state index in [2.05, 4.69) is 16.8 Å². The minimum absolute atomic E-state index is 0.404. The highest BCUT2D eigenvalue weighted by Gasteiger charge is 2.41. The van der Waals surface area contributed by atoms with Gasteiger partial charge in [0.1, 0.15) is 0 Å². The molecule has 0 amide bonds. The van der Waals surface area contributed by atoms with Crippen LogP contribution in [-0.2, 0) is 0 Å². The van der Waals surface area contributed by atoms with Crippen LogP contribution in [-0.4, -0.2) is 55.1 Å². The molecular weight excluding hydrogens is 162 g/mol. The molecule has 3 nitrogen and oxygen atoms in total. The quantitative estimate of drug-likeness (QED) is 0.660. The summed E-state index contributed by atoms with van der Waals surface area (Å²) in [5.74, 6) is 0. The highest BCUT2D eigenvalue weighted by molar-refractivity contribution is 5.00. The fourth-order valence-electron chi connectivity index (χ4n) is 2.52. The molecule has 1 saturated heterocycles. The summed E-state index contributed by atoms with van der Waals surface area (Å²) in [6.07, 6.45) is 4.03. The van der Waals surface area contributed by atoms with Gasteiger partial charge in [0.2, 0.25) is 0 Å². The average Bonchev–Trinajstić information content (AvgIpc) is 2.07. The fourth-order valence-corrected chi connectivity index (χ4v) is 2.52. The van der Waals surface area contributed by atoms with E-state index in [-0.39, 0.29) is 0 Å². The predicted octanol–water partition coefficient (Wildman–Crippen LogP) is 0.115. The average molecular weight is 183 g/mol. The van der Waals surface area contributed by atoms with Crippen LogP contribution < -0.4 is 5.73 Å². The summed E-state index contributed by atoms with van der Waals surface area (Å²) in [5.41, 5.74) is 6.28. The first-order chi connectivity index (χ1) is 6.27. The first-order valence-corrected chi connectivity index (χ1v) is 5.40. The molecule has 2 rings (SSSR count). The van der Waals surface area contributed by atoms with Crippen molar-refractivity contribution in [3.63, 3.8) is 0 Å². The summed E-state index contributed by atoms with van der Waals surface area (Å²) in [5, 5.41) is 0. The summed E-state index contributed by atoms with van der Waals surface area (Å²) in [6.45, 7) is 5.71. The Morgan fingerprint density at radius 3 is 2.15 bits per heavy atom. The first-order valence-electron chi connectivity index (χ1n) is 5.40. The van der Waals surface area contributed by atoms with Crippen molar-refractivity contribution in [2.75, 3.05) is 39.8 Å². The molecule has 2 aliphatic rings. The lowest BCUT2D eigenvalue weighted by molar-refractivity contribution is -0.00736. The summed E-state index contributed by atoms with van der Waals surface area (Å²) in [7, 11) is 2.20. The normalized spacial score (nSPS) is 30.0. The van der Waals surface area contributed by atoms with Crippen LogP contribution in [0.25, 0.3) is 0 Å². The molecule has 0 aromatic rings. The monoisotopic (exact) mass is 183 g/mol. The SMILES string of the molecule is CN1CCN(C2(CN)CCC2)CC1. The lowest BCUT2D eigenvalue weighted by Gasteiger charge is -2.52. The van der Waals surface area contributed by atoms with Crippen molar-refractivity contribution in [3.05, 3.63) is 0 Å². The minimum atomic E-state index is 0.404. The Kier molecular flexibility index (Phi) is 2.58. The number of rotatable bonds is 2. The van der Waals surface area contributed by atoms with E-state index in [1.54, 1.807) is 0 Å². The van der Waals surface area contributed by atoms with E-state index < -0.39 is 0 Å². The highest BCUT2D eigenvalue weighted by atomic mass is 15.3. The molecule has 13 heavy (non-hydrogen) atoms. The second-order valence-electron chi connectivity index (χ2n) is 4.57. The van der Waals surface area contributed by atoms with Crippen LogP contribution in [0.4, 0.5) is 0 Å². The number of hydrogen-bond acceptors (Lipinski definition) is 3. The molecule has 0 aromatic heterocycles. The third kappa shape index (κ3) is 1.60. The van der Waals surface area contributed by atoms with Gasteiger partial charge in [-0.15, -0.1) is 0 Å². The van der Waals surface area contributed by atoms with Crippen molar-refractivity contribution in [3.8, 4) is 0 Å². The van der Waals surface area contributed by atoms with Gasteiger partial charge >= 0.3 is 0 Å². The molecule has 0 atom stereocenters. The highest BCUT2D eigenvalue weighted by Crippen LogP contribution is 2.37. The first kappa shape index (κ1) is 9.44. The van der Waals surface area contributed by atoms with E-state index in [1.807, 2.05) is 0 Å². The number of hydrogen-bond donors (Lipinski definition) is 1. The van der Waals surface area contributed by atoms with Crippen molar-refractivity contribution in [2.24, 2.45) is 5.73 Å². The Labute approximate surface area is 80.9 Å². The smallest absolute Gasteiger partial charge is 0.0332 e. The molecule has 0 spiro atoms. The zero-order valence-electron chi connectivity index (χ0n) is 8.63. The standard InChI is InChI=1S/C10H21N3/c1-12-5-7-13(8-6-12)10(9-11)3-2-4-10/h2-9,11H2,1H3. The van der Waals surface area contributed by atoms with E-state index in [9.17, 15) is 0 Å². The van der Waals surface area contributed by atoms with E-state index >= 15 is 0 Å². The Balaban J connectivity index is 1.92. The number of piperazine rings is 1. The van der Waals surface area contributed by atoms with Crippen LogP contribution in [0.3, 0.4) is 0 Å². The van der Waals surface area contributed by atoms with Gasteiger partial charge in [0.25, 0.3) is 0 Å². The maximum Gasteiger partial charge on any atom is 0.0332 e. The van der Waals surface area contributed by atoms with Crippen LogP contribution in [0.2, 0.25) is 0 Å². The summed E-state index contributed by atoms with van der Waals surface area (Å²) in [4.78, 5) is 5.02. The fraction of sp³-hybridized carbons (Fsp3) is 1.00. The molecule has 2 N–H and O–H groups in total. The predicted molar refractivity (Wildman–Crippen MR) is 54.7 cm³/mol. The van der Waals surface area contributed by atoms with Gasteiger partial charge in [-0.1, -0.05) is 0 Å². The van der Waals surface area contributed by atoms with Crippen LogP contribution in [0.1, 0.15) is 19.3 Å². The largest absolute Gasteiger partial charge is 0.329 e. The zero-order chi connectivity index (χ0) is 9.31. The van der Waals surface area contributed by atoms with E-state index in [1.165, 1.54) is 45.4 Å². The van der Waals surface area contributed by atoms with Gasteiger partial charge in [-0.05, 0) is 26.3 Å². The second kappa shape index (κ2) is 3.56. The summed E-state index contributed by atoms with van der Waals surface area (Å²) >= 11 is 0. The van der Waals surface area contributed by atoms with Gasteiger partial charge in [-0.3, -0.25) is 4.90 Å². The number of nitrogens with zero attached hydrogens (tertiary/aromatic N) is 2. The lowest BCUT2D eigenvalue weighted by atomic mass is 9.75. The van der Waals surface area contributed by atoms with Gasteiger partial charge in [0.05, 0.1) is 0 Å². The van der Waals surface area contributed by atoms with Gasteiger partial charge in [-0.2, -0.15) is 0 Å². The van der Waals surface area contributed by atoms with Crippen LogP contribution in [0.5, 0.6) is 0 Å². The van der Waals surface area contributed by atoms with Crippen molar-refractivity contribution in [2.45, 2.75) is 24.8 Å². The van der Waals surface area contributed by atoms with Crippen LogP contribution >= 0.6 is 0 Å². The second-order valence-corrected chi connectivity index (χ2v) is 4.57. The number of nitrogens with two attached hydrogens (primary N) is 1. The summed E-state index contributed by atoms with van der Waals surface area (Å²) in [6, 6.07) is 0. The molecular formula is C10H21N3. The third-order valence-corrected chi connectivity index (χ3v) is 3.84. The molecule has 1 heterocycles. The van der Waals surface area contributed by atoms with Crippen molar-refractivity contribution in [1.82, 2.24) is 9.80 Å². The molecule has 1 aliphatic heterocycles. The molecule has 3 heteroatoms. The van der Waals surface area contributed by atoms with Gasteiger partial charge in [0.15, 0.2) is 0 Å². The Bertz CT molecular complexity index is 163. The third-order valence-electron chi connectivity index (χ3n) is 3.84. The molecule has 0 radical (unpaired) electrons. The minimum Gasteiger partial charge on any atom is -0.329 e.